The number of piperazine rings is 1. The van der Waals surface area contributed by atoms with Crippen LogP contribution < -0.4 is 4.90 Å². The van der Waals surface area contributed by atoms with Crippen molar-refractivity contribution in [3.05, 3.63) is 73.3 Å². The smallest absolute Gasteiger partial charge is 0.340 e. The third-order valence-corrected chi connectivity index (χ3v) is 7.91. The fraction of sp³-hybridized carbons (Fsp3) is 0.429. The SMILES string of the molecule is C=CCN(CC=C)CCN1CCN(CCCN2c3ccccc3Sc3ccc(C(F)(F)F)cc32)CC1.Cl. The summed E-state index contributed by atoms with van der Waals surface area (Å²) in [5.74, 6) is 0. The molecule has 9 heteroatoms. The minimum absolute atomic E-state index is 0. The molecule has 4 nitrogen and oxygen atoms in total. The first-order valence-corrected chi connectivity index (χ1v) is 13.3. The number of nitrogens with zero attached hydrogens (tertiary/aromatic N) is 4. The lowest BCUT2D eigenvalue weighted by Crippen LogP contribution is -2.48. The molecule has 0 saturated carbocycles. The number of hydrogen-bond acceptors (Lipinski definition) is 5. The second-order valence-corrected chi connectivity index (χ2v) is 10.4. The van der Waals surface area contributed by atoms with Gasteiger partial charge in [-0.15, -0.1) is 25.6 Å². The van der Waals surface area contributed by atoms with Gasteiger partial charge in [-0.25, -0.2) is 0 Å². The lowest BCUT2D eigenvalue weighted by molar-refractivity contribution is -0.137. The van der Waals surface area contributed by atoms with Crippen LogP contribution in [-0.2, 0) is 6.18 Å². The average Bonchev–Trinajstić information content (AvgIpc) is 2.87. The van der Waals surface area contributed by atoms with Crippen LogP contribution in [0.3, 0.4) is 0 Å². The van der Waals surface area contributed by atoms with Gasteiger partial charge in [0.15, 0.2) is 0 Å². The van der Waals surface area contributed by atoms with Gasteiger partial charge in [-0.2, -0.15) is 13.2 Å². The predicted octanol–water partition coefficient (Wildman–Crippen LogP) is 6.41. The number of para-hydroxylation sites is 1. The molecule has 0 radical (unpaired) electrons. The first kappa shape index (κ1) is 29.6. The highest BCUT2D eigenvalue weighted by molar-refractivity contribution is 7.99. The molecular formula is C28H36ClF3N4S. The van der Waals surface area contributed by atoms with Crippen molar-refractivity contribution in [1.29, 1.82) is 0 Å². The molecule has 0 spiro atoms. The Morgan fingerprint density at radius 3 is 2.11 bits per heavy atom. The van der Waals surface area contributed by atoms with E-state index < -0.39 is 11.7 Å². The fourth-order valence-electron chi connectivity index (χ4n) is 4.84. The van der Waals surface area contributed by atoms with Gasteiger partial charge in [0.1, 0.15) is 0 Å². The molecule has 0 bridgehead atoms. The van der Waals surface area contributed by atoms with E-state index in [1.807, 2.05) is 36.4 Å². The summed E-state index contributed by atoms with van der Waals surface area (Å²) < 4.78 is 40.3. The Morgan fingerprint density at radius 1 is 0.838 bits per heavy atom. The third-order valence-electron chi connectivity index (χ3n) is 6.78. The van der Waals surface area contributed by atoms with Crippen molar-refractivity contribution in [2.24, 2.45) is 0 Å². The molecule has 202 valence electrons. The Bertz CT molecular complexity index is 1030. The van der Waals surface area contributed by atoms with Crippen molar-refractivity contribution in [1.82, 2.24) is 14.7 Å². The number of benzene rings is 2. The molecule has 1 fully saturated rings. The summed E-state index contributed by atoms with van der Waals surface area (Å²) >= 11 is 1.54. The van der Waals surface area contributed by atoms with Crippen LogP contribution in [0.2, 0.25) is 0 Å². The number of alkyl halides is 3. The highest BCUT2D eigenvalue weighted by Gasteiger charge is 2.33. The summed E-state index contributed by atoms with van der Waals surface area (Å²) in [6.07, 6.45) is 0.407. The second kappa shape index (κ2) is 13.7. The van der Waals surface area contributed by atoms with Crippen LogP contribution in [0.1, 0.15) is 12.0 Å². The van der Waals surface area contributed by atoms with Crippen molar-refractivity contribution in [2.45, 2.75) is 22.4 Å². The molecule has 2 aliphatic rings. The molecule has 1 saturated heterocycles. The van der Waals surface area contributed by atoms with Crippen LogP contribution in [0.5, 0.6) is 0 Å². The van der Waals surface area contributed by atoms with Gasteiger partial charge in [0.25, 0.3) is 0 Å². The summed E-state index contributed by atoms with van der Waals surface area (Å²) in [6, 6.07) is 12.1. The van der Waals surface area contributed by atoms with Crippen molar-refractivity contribution in [2.75, 3.05) is 70.3 Å². The monoisotopic (exact) mass is 552 g/mol. The number of halogens is 4. The molecular weight excluding hydrogens is 517 g/mol. The van der Waals surface area contributed by atoms with E-state index in [0.717, 1.165) is 80.8 Å². The van der Waals surface area contributed by atoms with Gasteiger partial charge < -0.3 is 9.80 Å². The van der Waals surface area contributed by atoms with Crippen LogP contribution >= 0.6 is 24.2 Å². The maximum atomic E-state index is 13.4. The Labute approximate surface area is 229 Å². The van der Waals surface area contributed by atoms with E-state index in [4.69, 9.17) is 0 Å². The van der Waals surface area contributed by atoms with E-state index in [1.165, 1.54) is 12.1 Å². The maximum Gasteiger partial charge on any atom is 0.416 e. The third kappa shape index (κ3) is 7.77. The summed E-state index contributed by atoms with van der Waals surface area (Å²) in [7, 11) is 0. The molecule has 0 aromatic heterocycles. The van der Waals surface area contributed by atoms with E-state index in [1.54, 1.807) is 17.8 Å². The topological polar surface area (TPSA) is 13.0 Å². The number of rotatable bonds is 11. The van der Waals surface area contributed by atoms with Gasteiger partial charge in [-0.05, 0) is 43.3 Å². The first-order chi connectivity index (χ1) is 17.4. The first-order valence-electron chi connectivity index (χ1n) is 12.5. The molecule has 0 unspecified atom stereocenters. The molecule has 0 N–H and O–H groups in total. The number of fused-ring (bicyclic) bond motifs is 2. The van der Waals surface area contributed by atoms with Crippen LogP contribution in [0.25, 0.3) is 0 Å². The lowest BCUT2D eigenvalue weighted by Gasteiger charge is -2.37. The van der Waals surface area contributed by atoms with Crippen LogP contribution in [0, 0.1) is 0 Å². The predicted molar refractivity (Wildman–Crippen MR) is 151 cm³/mol. The van der Waals surface area contributed by atoms with E-state index in [0.29, 0.717) is 12.2 Å². The summed E-state index contributed by atoms with van der Waals surface area (Å²) in [5, 5.41) is 0. The van der Waals surface area contributed by atoms with E-state index >= 15 is 0 Å². The van der Waals surface area contributed by atoms with Gasteiger partial charge in [-0.1, -0.05) is 36.0 Å². The molecule has 0 aliphatic carbocycles. The van der Waals surface area contributed by atoms with E-state index in [9.17, 15) is 13.2 Å². The second-order valence-electron chi connectivity index (χ2n) is 9.28. The number of hydrogen-bond donors (Lipinski definition) is 0. The van der Waals surface area contributed by atoms with Crippen molar-refractivity contribution in [3.8, 4) is 0 Å². The Balaban J connectivity index is 0.00000380. The van der Waals surface area contributed by atoms with Gasteiger partial charge >= 0.3 is 6.18 Å². The summed E-state index contributed by atoms with van der Waals surface area (Å²) in [4.78, 5) is 11.3. The van der Waals surface area contributed by atoms with Crippen molar-refractivity contribution in [3.63, 3.8) is 0 Å². The Kier molecular flexibility index (Phi) is 11.0. The minimum Gasteiger partial charge on any atom is -0.340 e. The summed E-state index contributed by atoms with van der Waals surface area (Å²) in [5.41, 5.74) is 1.05. The van der Waals surface area contributed by atoms with Gasteiger partial charge in [0.2, 0.25) is 0 Å². The van der Waals surface area contributed by atoms with Crippen molar-refractivity contribution >= 4 is 35.5 Å². The zero-order valence-electron chi connectivity index (χ0n) is 21.1. The molecule has 0 atom stereocenters. The van der Waals surface area contributed by atoms with Gasteiger partial charge in [0.05, 0.1) is 16.9 Å². The lowest BCUT2D eigenvalue weighted by atomic mass is 10.1. The van der Waals surface area contributed by atoms with Crippen LogP contribution in [0.15, 0.2) is 77.6 Å². The Hall–Kier alpha value is -1.97. The van der Waals surface area contributed by atoms with Gasteiger partial charge in [0, 0.05) is 68.7 Å². The Morgan fingerprint density at radius 2 is 1.46 bits per heavy atom. The fourth-order valence-corrected chi connectivity index (χ4v) is 5.92. The van der Waals surface area contributed by atoms with E-state index in [-0.39, 0.29) is 12.4 Å². The minimum atomic E-state index is -4.35. The summed E-state index contributed by atoms with van der Waals surface area (Å²) in [6.45, 7) is 17.2. The highest BCUT2D eigenvalue weighted by atomic mass is 35.5. The van der Waals surface area contributed by atoms with Gasteiger partial charge in [-0.3, -0.25) is 9.80 Å². The van der Waals surface area contributed by atoms with Crippen molar-refractivity contribution < 1.29 is 13.2 Å². The molecule has 2 aliphatic heterocycles. The number of anilines is 2. The molecule has 0 amide bonds. The quantitative estimate of drug-likeness (QED) is 0.298. The molecule has 4 rings (SSSR count). The standard InChI is InChI=1S/C28H35F3N4S.ClH/c1-3-12-32(13-4-2)16-19-34-20-17-33(18-21-34)14-7-15-35-24-8-5-6-9-26(24)36-27-11-10-23(22-25(27)35)28(29,30)31;/h3-6,8-11,22H,1-2,7,12-21H2;1H. The average molecular weight is 553 g/mol. The van der Waals surface area contributed by atoms with E-state index in [2.05, 4.69) is 32.8 Å². The maximum absolute atomic E-state index is 13.4. The largest absolute Gasteiger partial charge is 0.416 e. The molecule has 2 aromatic rings. The normalized spacial score (nSPS) is 16.2. The zero-order valence-corrected chi connectivity index (χ0v) is 22.8. The highest BCUT2D eigenvalue weighted by Crippen LogP contribution is 2.49. The van der Waals surface area contributed by atoms with Crippen LogP contribution in [0.4, 0.5) is 24.5 Å². The zero-order chi connectivity index (χ0) is 25.5. The molecule has 2 heterocycles. The van der Waals surface area contributed by atoms with Crippen LogP contribution in [-0.4, -0.2) is 80.1 Å². The molecule has 37 heavy (non-hydrogen) atoms. The molecule has 2 aromatic carbocycles.